The minimum absolute atomic E-state index is 0.0437. The van der Waals surface area contributed by atoms with Gasteiger partial charge in [-0.1, -0.05) is 23.2 Å². The van der Waals surface area contributed by atoms with Crippen LogP contribution in [-0.4, -0.2) is 44.0 Å². The van der Waals surface area contributed by atoms with Crippen molar-refractivity contribution in [3.8, 4) is 0 Å². The lowest BCUT2D eigenvalue weighted by molar-refractivity contribution is -0.117. The number of anilines is 1. The average Bonchev–Trinajstić information content (AvgIpc) is 2.50. The summed E-state index contributed by atoms with van der Waals surface area (Å²) in [4.78, 5) is 14.3. The van der Waals surface area contributed by atoms with Crippen molar-refractivity contribution >= 4 is 34.8 Å². The SMILES string of the molecule is CNCCC1CCN(CC(=O)Nc2cc(Cl)ccc2Cl)CC1. The quantitative estimate of drug-likeness (QED) is 0.833. The number of halogens is 2. The molecule has 0 radical (unpaired) electrons. The highest BCUT2D eigenvalue weighted by Crippen LogP contribution is 2.25. The van der Waals surface area contributed by atoms with Crippen LogP contribution >= 0.6 is 23.2 Å². The van der Waals surface area contributed by atoms with Gasteiger partial charge in [0.1, 0.15) is 0 Å². The number of carbonyl (C=O) groups excluding carboxylic acids is 1. The maximum Gasteiger partial charge on any atom is 0.238 e. The van der Waals surface area contributed by atoms with E-state index in [0.717, 1.165) is 38.4 Å². The number of likely N-dealkylation sites (tertiary alicyclic amines) is 1. The smallest absolute Gasteiger partial charge is 0.238 e. The molecule has 0 bridgehead atoms. The number of hydrogen-bond acceptors (Lipinski definition) is 3. The summed E-state index contributed by atoms with van der Waals surface area (Å²) < 4.78 is 0. The van der Waals surface area contributed by atoms with Crippen LogP contribution in [0.5, 0.6) is 0 Å². The second kappa shape index (κ2) is 8.73. The van der Waals surface area contributed by atoms with E-state index in [4.69, 9.17) is 23.2 Å². The third-order valence-corrected chi connectivity index (χ3v) is 4.64. The second-order valence-corrected chi connectivity index (χ2v) is 6.63. The molecular formula is C16H23Cl2N3O. The molecule has 0 aromatic heterocycles. The van der Waals surface area contributed by atoms with Gasteiger partial charge < -0.3 is 10.6 Å². The number of nitrogens with one attached hydrogen (secondary N) is 2. The van der Waals surface area contributed by atoms with Crippen LogP contribution in [0.25, 0.3) is 0 Å². The van der Waals surface area contributed by atoms with Crippen LogP contribution in [0, 0.1) is 5.92 Å². The van der Waals surface area contributed by atoms with Crippen molar-refractivity contribution in [1.29, 1.82) is 0 Å². The van der Waals surface area contributed by atoms with Crippen molar-refractivity contribution in [2.24, 2.45) is 5.92 Å². The molecule has 0 unspecified atom stereocenters. The van der Waals surface area contributed by atoms with Gasteiger partial charge in [-0.2, -0.15) is 0 Å². The highest BCUT2D eigenvalue weighted by Gasteiger charge is 2.20. The van der Waals surface area contributed by atoms with Crippen LogP contribution < -0.4 is 10.6 Å². The third kappa shape index (κ3) is 5.43. The second-order valence-electron chi connectivity index (χ2n) is 5.78. The molecule has 0 atom stereocenters. The van der Waals surface area contributed by atoms with Gasteiger partial charge in [0.2, 0.25) is 5.91 Å². The van der Waals surface area contributed by atoms with Gasteiger partial charge in [-0.3, -0.25) is 9.69 Å². The monoisotopic (exact) mass is 343 g/mol. The van der Waals surface area contributed by atoms with Gasteiger partial charge in [-0.05, 0) is 70.1 Å². The molecule has 0 saturated carbocycles. The van der Waals surface area contributed by atoms with Gasteiger partial charge in [0.25, 0.3) is 0 Å². The zero-order valence-corrected chi connectivity index (χ0v) is 14.4. The Morgan fingerprint density at radius 1 is 1.32 bits per heavy atom. The molecule has 22 heavy (non-hydrogen) atoms. The first kappa shape index (κ1) is 17.5. The number of piperidine rings is 1. The fourth-order valence-corrected chi connectivity index (χ4v) is 3.10. The van der Waals surface area contributed by atoms with Crippen LogP contribution in [0.4, 0.5) is 5.69 Å². The van der Waals surface area contributed by atoms with Crippen molar-refractivity contribution in [2.45, 2.75) is 19.3 Å². The number of rotatable bonds is 6. The van der Waals surface area contributed by atoms with Crippen molar-refractivity contribution in [1.82, 2.24) is 10.2 Å². The predicted molar refractivity (Wildman–Crippen MR) is 92.8 cm³/mol. The molecule has 4 nitrogen and oxygen atoms in total. The summed E-state index contributed by atoms with van der Waals surface area (Å²) in [5.41, 5.74) is 0.572. The molecule has 1 aliphatic rings. The van der Waals surface area contributed by atoms with E-state index in [-0.39, 0.29) is 5.91 Å². The number of hydrogen-bond donors (Lipinski definition) is 2. The molecule has 1 heterocycles. The highest BCUT2D eigenvalue weighted by atomic mass is 35.5. The van der Waals surface area contributed by atoms with E-state index >= 15 is 0 Å². The Balaban J connectivity index is 1.77. The van der Waals surface area contributed by atoms with E-state index < -0.39 is 0 Å². The Hall–Kier alpha value is -0.810. The fourth-order valence-electron chi connectivity index (χ4n) is 2.77. The van der Waals surface area contributed by atoms with Gasteiger partial charge in [0.15, 0.2) is 0 Å². The molecule has 122 valence electrons. The van der Waals surface area contributed by atoms with Crippen LogP contribution in [0.2, 0.25) is 10.0 Å². The van der Waals surface area contributed by atoms with E-state index in [0.29, 0.717) is 22.3 Å². The van der Waals surface area contributed by atoms with Crippen molar-refractivity contribution in [2.75, 3.05) is 38.5 Å². The number of carbonyl (C=O) groups is 1. The van der Waals surface area contributed by atoms with Gasteiger partial charge in [0.05, 0.1) is 17.3 Å². The van der Waals surface area contributed by atoms with E-state index in [1.165, 1.54) is 6.42 Å². The number of benzene rings is 1. The van der Waals surface area contributed by atoms with Crippen molar-refractivity contribution in [3.05, 3.63) is 28.2 Å². The molecule has 2 rings (SSSR count). The fraction of sp³-hybridized carbons (Fsp3) is 0.562. The topological polar surface area (TPSA) is 44.4 Å². The molecule has 6 heteroatoms. The Morgan fingerprint density at radius 3 is 2.73 bits per heavy atom. The predicted octanol–water partition coefficient (Wildman–Crippen LogP) is 3.25. The largest absolute Gasteiger partial charge is 0.324 e. The van der Waals surface area contributed by atoms with Crippen molar-refractivity contribution in [3.63, 3.8) is 0 Å². The van der Waals surface area contributed by atoms with Gasteiger partial charge >= 0.3 is 0 Å². The van der Waals surface area contributed by atoms with Crippen LogP contribution in [-0.2, 0) is 4.79 Å². The lowest BCUT2D eigenvalue weighted by Crippen LogP contribution is -2.39. The van der Waals surface area contributed by atoms with Crippen LogP contribution in [0.1, 0.15) is 19.3 Å². The van der Waals surface area contributed by atoms with E-state index in [1.54, 1.807) is 18.2 Å². The van der Waals surface area contributed by atoms with E-state index in [9.17, 15) is 4.79 Å². The molecule has 1 amide bonds. The minimum Gasteiger partial charge on any atom is -0.324 e. The lowest BCUT2D eigenvalue weighted by atomic mass is 9.93. The molecule has 1 aliphatic heterocycles. The average molecular weight is 344 g/mol. The Kier molecular flexibility index (Phi) is 6.96. The highest BCUT2D eigenvalue weighted by molar-refractivity contribution is 6.35. The van der Waals surface area contributed by atoms with Crippen LogP contribution in [0.15, 0.2) is 18.2 Å². The van der Waals surface area contributed by atoms with Gasteiger partial charge in [-0.25, -0.2) is 0 Å². The normalized spacial score (nSPS) is 16.7. The molecule has 1 aromatic rings. The Bertz CT molecular complexity index is 502. The summed E-state index contributed by atoms with van der Waals surface area (Å²) in [5, 5.41) is 7.09. The van der Waals surface area contributed by atoms with Gasteiger partial charge in [0, 0.05) is 5.02 Å². The first-order chi connectivity index (χ1) is 10.6. The van der Waals surface area contributed by atoms with E-state index in [1.807, 2.05) is 7.05 Å². The number of nitrogens with zero attached hydrogens (tertiary/aromatic N) is 1. The molecule has 1 aromatic carbocycles. The molecule has 0 aliphatic carbocycles. The standard InChI is InChI=1S/C16H23Cl2N3O/c1-19-7-4-12-5-8-21(9-6-12)11-16(22)20-15-10-13(17)2-3-14(15)18/h2-3,10,12,19H,4-9,11H2,1H3,(H,20,22). The summed E-state index contributed by atoms with van der Waals surface area (Å²) in [6.45, 7) is 3.43. The Morgan fingerprint density at radius 2 is 2.05 bits per heavy atom. The van der Waals surface area contributed by atoms with Crippen molar-refractivity contribution < 1.29 is 4.79 Å². The van der Waals surface area contributed by atoms with Gasteiger partial charge in [-0.15, -0.1) is 0 Å². The third-order valence-electron chi connectivity index (χ3n) is 4.08. The molecule has 1 saturated heterocycles. The van der Waals surface area contributed by atoms with E-state index in [2.05, 4.69) is 15.5 Å². The minimum atomic E-state index is -0.0437. The molecule has 0 spiro atoms. The summed E-state index contributed by atoms with van der Waals surface area (Å²) in [5.74, 6) is 0.729. The van der Waals surface area contributed by atoms with Crippen LogP contribution in [0.3, 0.4) is 0 Å². The summed E-state index contributed by atoms with van der Waals surface area (Å²) in [7, 11) is 1.99. The molecule has 1 fully saturated rings. The first-order valence-corrected chi connectivity index (χ1v) is 8.46. The maximum absolute atomic E-state index is 12.1. The number of amides is 1. The summed E-state index contributed by atoms with van der Waals surface area (Å²) >= 11 is 12.0. The molecular weight excluding hydrogens is 321 g/mol. The zero-order chi connectivity index (χ0) is 15.9. The molecule has 2 N–H and O–H groups in total. The summed E-state index contributed by atoms with van der Waals surface area (Å²) in [6, 6.07) is 5.06. The maximum atomic E-state index is 12.1. The first-order valence-electron chi connectivity index (χ1n) is 7.70. The summed E-state index contributed by atoms with van der Waals surface area (Å²) in [6.07, 6.45) is 3.54. The lowest BCUT2D eigenvalue weighted by Gasteiger charge is -2.31. The Labute approximate surface area is 142 Å². The zero-order valence-electron chi connectivity index (χ0n) is 12.9.